The highest BCUT2D eigenvalue weighted by molar-refractivity contribution is 4.87. The standard InChI is InChI=1S/C8H16N2/c1-7-5-10(6-7)8-2-3-9-4-8/h7-9H,2-6H2,1H3/t8-/m0/s1. The minimum atomic E-state index is 0.871. The van der Waals surface area contributed by atoms with Crippen LogP contribution in [-0.2, 0) is 0 Å². The van der Waals surface area contributed by atoms with Gasteiger partial charge >= 0.3 is 0 Å². The van der Waals surface area contributed by atoms with Gasteiger partial charge in [-0.05, 0) is 18.9 Å². The topological polar surface area (TPSA) is 15.3 Å². The Morgan fingerprint density at radius 2 is 2.20 bits per heavy atom. The van der Waals surface area contributed by atoms with E-state index in [1.807, 2.05) is 0 Å². The molecule has 0 bridgehead atoms. The number of hydrogen-bond acceptors (Lipinski definition) is 2. The molecule has 0 aliphatic carbocycles. The smallest absolute Gasteiger partial charge is 0.0232 e. The van der Waals surface area contributed by atoms with Gasteiger partial charge in [0.15, 0.2) is 0 Å². The summed E-state index contributed by atoms with van der Waals surface area (Å²) >= 11 is 0. The fourth-order valence-electron chi connectivity index (χ4n) is 2.00. The second-order valence-corrected chi connectivity index (χ2v) is 3.71. The van der Waals surface area contributed by atoms with E-state index in [0.29, 0.717) is 0 Å². The molecule has 0 aromatic rings. The average Bonchev–Trinajstić information content (AvgIpc) is 2.31. The first kappa shape index (κ1) is 6.62. The van der Waals surface area contributed by atoms with E-state index in [-0.39, 0.29) is 0 Å². The minimum absolute atomic E-state index is 0.871. The quantitative estimate of drug-likeness (QED) is 0.563. The summed E-state index contributed by atoms with van der Waals surface area (Å²) < 4.78 is 0. The van der Waals surface area contributed by atoms with Gasteiger partial charge in [0.25, 0.3) is 0 Å². The van der Waals surface area contributed by atoms with E-state index in [4.69, 9.17) is 0 Å². The third-order valence-electron chi connectivity index (χ3n) is 2.64. The van der Waals surface area contributed by atoms with E-state index in [0.717, 1.165) is 12.0 Å². The molecule has 0 spiro atoms. The summed E-state index contributed by atoms with van der Waals surface area (Å²) in [7, 11) is 0. The monoisotopic (exact) mass is 140 g/mol. The predicted octanol–water partition coefficient (Wildman–Crippen LogP) is 0.300. The average molecular weight is 140 g/mol. The van der Waals surface area contributed by atoms with Crippen molar-refractivity contribution in [1.82, 2.24) is 10.2 Å². The Hall–Kier alpha value is -0.0800. The summed E-state index contributed by atoms with van der Waals surface area (Å²) in [6.45, 7) is 7.47. The zero-order valence-electron chi connectivity index (χ0n) is 6.64. The Kier molecular flexibility index (Phi) is 1.66. The van der Waals surface area contributed by atoms with Gasteiger partial charge in [0.2, 0.25) is 0 Å². The van der Waals surface area contributed by atoms with Crippen molar-refractivity contribution < 1.29 is 0 Å². The largest absolute Gasteiger partial charge is 0.315 e. The first-order valence-corrected chi connectivity index (χ1v) is 4.31. The zero-order valence-corrected chi connectivity index (χ0v) is 6.64. The van der Waals surface area contributed by atoms with Crippen LogP contribution in [0, 0.1) is 5.92 Å². The number of rotatable bonds is 1. The van der Waals surface area contributed by atoms with E-state index >= 15 is 0 Å². The van der Waals surface area contributed by atoms with Crippen molar-refractivity contribution in [2.45, 2.75) is 19.4 Å². The summed E-state index contributed by atoms with van der Waals surface area (Å²) in [6.07, 6.45) is 1.37. The number of likely N-dealkylation sites (tertiary alicyclic amines) is 1. The van der Waals surface area contributed by atoms with Crippen LogP contribution in [0.4, 0.5) is 0 Å². The molecular weight excluding hydrogens is 124 g/mol. The first-order valence-electron chi connectivity index (χ1n) is 4.31. The van der Waals surface area contributed by atoms with Crippen molar-refractivity contribution in [3.63, 3.8) is 0 Å². The molecule has 0 unspecified atom stereocenters. The van der Waals surface area contributed by atoms with E-state index in [9.17, 15) is 0 Å². The lowest BCUT2D eigenvalue weighted by molar-refractivity contribution is 0.0711. The van der Waals surface area contributed by atoms with Gasteiger partial charge < -0.3 is 5.32 Å². The normalized spacial score (nSPS) is 36.3. The molecule has 1 atom stereocenters. The number of nitrogens with zero attached hydrogens (tertiary/aromatic N) is 1. The van der Waals surface area contributed by atoms with Crippen LogP contribution in [-0.4, -0.2) is 37.1 Å². The van der Waals surface area contributed by atoms with Crippen LogP contribution in [0.3, 0.4) is 0 Å². The summed E-state index contributed by atoms with van der Waals surface area (Å²) in [4.78, 5) is 2.60. The molecule has 2 heteroatoms. The SMILES string of the molecule is CC1CN([C@H]2CCNC2)C1. The Morgan fingerprint density at radius 3 is 2.70 bits per heavy atom. The molecule has 2 rings (SSSR count). The molecular formula is C8H16N2. The molecule has 0 saturated carbocycles. The molecule has 0 aromatic heterocycles. The molecule has 2 heterocycles. The van der Waals surface area contributed by atoms with E-state index < -0.39 is 0 Å². The summed E-state index contributed by atoms with van der Waals surface area (Å²) in [5.41, 5.74) is 0. The van der Waals surface area contributed by atoms with Crippen LogP contribution in [0.5, 0.6) is 0 Å². The number of hydrogen-bond donors (Lipinski definition) is 1. The molecule has 0 aromatic carbocycles. The summed E-state index contributed by atoms with van der Waals surface area (Å²) in [6, 6.07) is 0.871. The molecule has 58 valence electrons. The second-order valence-electron chi connectivity index (χ2n) is 3.71. The van der Waals surface area contributed by atoms with Crippen molar-refractivity contribution in [3.8, 4) is 0 Å². The van der Waals surface area contributed by atoms with Gasteiger partial charge in [-0.2, -0.15) is 0 Å². The summed E-state index contributed by atoms with van der Waals surface area (Å²) in [5, 5.41) is 3.39. The maximum absolute atomic E-state index is 3.39. The zero-order chi connectivity index (χ0) is 6.97. The lowest BCUT2D eigenvalue weighted by Crippen LogP contribution is -2.51. The van der Waals surface area contributed by atoms with Gasteiger partial charge in [-0.3, -0.25) is 4.90 Å². The van der Waals surface area contributed by atoms with Gasteiger partial charge in [-0.15, -0.1) is 0 Å². The molecule has 2 aliphatic heterocycles. The highest BCUT2D eigenvalue weighted by Gasteiger charge is 2.30. The second kappa shape index (κ2) is 2.51. The molecule has 2 saturated heterocycles. The van der Waals surface area contributed by atoms with Crippen molar-refractivity contribution in [2.24, 2.45) is 5.92 Å². The maximum atomic E-state index is 3.39. The number of nitrogens with one attached hydrogen (secondary N) is 1. The van der Waals surface area contributed by atoms with Crippen LogP contribution in [0.15, 0.2) is 0 Å². The van der Waals surface area contributed by atoms with Crippen LogP contribution in [0.1, 0.15) is 13.3 Å². The Balaban J connectivity index is 1.78. The highest BCUT2D eigenvalue weighted by Crippen LogP contribution is 2.20. The fraction of sp³-hybridized carbons (Fsp3) is 1.00. The fourth-order valence-corrected chi connectivity index (χ4v) is 2.00. The Labute approximate surface area is 62.6 Å². The lowest BCUT2D eigenvalue weighted by Gasteiger charge is -2.41. The summed E-state index contributed by atoms with van der Waals surface area (Å²) in [5.74, 6) is 0.959. The Morgan fingerprint density at radius 1 is 1.40 bits per heavy atom. The van der Waals surface area contributed by atoms with Crippen LogP contribution >= 0.6 is 0 Å². The molecule has 10 heavy (non-hydrogen) atoms. The molecule has 0 radical (unpaired) electrons. The minimum Gasteiger partial charge on any atom is -0.315 e. The van der Waals surface area contributed by atoms with Gasteiger partial charge in [-0.25, -0.2) is 0 Å². The maximum Gasteiger partial charge on any atom is 0.0232 e. The third-order valence-corrected chi connectivity index (χ3v) is 2.64. The van der Waals surface area contributed by atoms with Crippen LogP contribution in [0.2, 0.25) is 0 Å². The third kappa shape index (κ3) is 1.06. The molecule has 2 aliphatic rings. The Bertz CT molecular complexity index is 112. The van der Waals surface area contributed by atoms with Crippen molar-refractivity contribution in [3.05, 3.63) is 0 Å². The van der Waals surface area contributed by atoms with Crippen LogP contribution < -0.4 is 5.32 Å². The van der Waals surface area contributed by atoms with Crippen molar-refractivity contribution in [1.29, 1.82) is 0 Å². The van der Waals surface area contributed by atoms with Gasteiger partial charge in [0.05, 0.1) is 0 Å². The van der Waals surface area contributed by atoms with Crippen molar-refractivity contribution in [2.75, 3.05) is 26.2 Å². The molecule has 2 fully saturated rings. The molecule has 1 N–H and O–H groups in total. The van der Waals surface area contributed by atoms with E-state index in [1.54, 1.807) is 0 Å². The van der Waals surface area contributed by atoms with Gasteiger partial charge in [0, 0.05) is 25.7 Å². The van der Waals surface area contributed by atoms with Gasteiger partial charge in [-0.1, -0.05) is 6.92 Å². The predicted molar refractivity (Wildman–Crippen MR) is 42.0 cm³/mol. The lowest BCUT2D eigenvalue weighted by atomic mass is 9.99. The molecule has 2 nitrogen and oxygen atoms in total. The molecule has 0 amide bonds. The highest BCUT2D eigenvalue weighted by atomic mass is 15.2. The van der Waals surface area contributed by atoms with Crippen molar-refractivity contribution >= 4 is 0 Å². The first-order chi connectivity index (χ1) is 4.86. The van der Waals surface area contributed by atoms with E-state index in [2.05, 4.69) is 17.1 Å². The van der Waals surface area contributed by atoms with E-state index in [1.165, 1.54) is 32.6 Å². The van der Waals surface area contributed by atoms with Gasteiger partial charge in [0.1, 0.15) is 0 Å². The van der Waals surface area contributed by atoms with Crippen LogP contribution in [0.25, 0.3) is 0 Å².